The van der Waals surface area contributed by atoms with Crippen LogP contribution in [0.3, 0.4) is 0 Å². The van der Waals surface area contributed by atoms with E-state index in [0.717, 1.165) is 6.42 Å². The third kappa shape index (κ3) is 3.92. The molecule has 0 radical (unpaired) electrons. The van der Waals surface area contributed by atoms with Gasteiger partial charge in [0.05, 0.1) is 5.71 Å². The van der Waals surface area contributed by atoms with E-state index in [9.17, 15) is 10.2 Å². The van der Waals surface area contributed by atoms with Crippen LogP contribution in [0.1, 0.15) is 25.3 Å². The summed E-state index contributed by atoms with van der Waals surface area (Å²) in [6.45, 7) is 1.98. The Morgan fingerprint density at radius 1 is 1.47 bits per heavy atom. The van der Waals surface area contributed by atoms with Crippen LogP contribution in [0.5, 0.6) is 11.5 Å². The Balaban J connectivity index is 3.08. The Bertz CT molecular complexity index is 446. The summed E-state index contributed by atoms with van der Waals surface area (Å²) in [6.07, 6.45) is 1.47. The number of phenols is 2. The molecule has 0 saturated carbocycles. The summed E-state index contributed by atoms with van der Waals surface area (Å²) in [5.74, 6) is 0.122. The fourth-order valence-corrected chi connectivity index (χ4v) is 1.41. The first-order valence-corrected chi connectivity index (χ1v) is 5.59. The van der Waals surface area contributed by atoms with Crippen LogP contribution >= 0.6 is 12.2 Å². The van der Waals surface area contributed by atoms with Gasteiger partial charge in [0, 0.05) is 5.56 Å². The lowest BCUT2D eigenvalue weighted by molar-refractivity contribution is 0.459. The van der Waals surface area contributed by atoms with Gasteiger partial charge in [-0.15, -0.1) is 0 Å². The van der Waals surface area contributed by atoms with E-state index >= 15 is 0 Å². The third-order valence-electron chi connectivity index (χ3n) is 2.08. The fourth-order valence-electron chi connectivity index (χ4n) is 1.37. The molecule has 0 aliphatic carbocycles. The van der Waals surface area contributed by atoms with Crippen molar-refractivity contribution in [2.45, 2.75) is 19.8 Å². The number of benzene rings is 1. The number of aromatic hydroxyl groups is 2. The molecule has 92 valence electrons. The summed E-state index contributed by atoms with van der Waals surface area (Å²) in [7, 11) is 0. The molecule has 0 atom stereocenters. The van der Waals surface area contributed by atoms with Crippen LogP contribution in [-0.2, 0) is 0 Å². The lowest BCUT2D eigenvalue weighted by Crippen LogP contribution is -2.25. The SMILES string of the molecule is CCC/C(=N\NC(N)=S)c1cc(O)ccc1O. The van der Waals surface area contributed by atoms with Gasteiger partial charge in [-0.2, -0.15) is 5.10 Å². The highest BCUT2D eigenvalue weighted by molar-refractivity contribution is 7.80. The van der Waals surface area contributed by atoms with E-state index in [-0.39, 0.29) is 16.6 Å². The van der Waals surface area contributed by atoms with Gasteiger partial charge in [0.1, 0.15) is 11.5 Å². The smallest absolute Gasteiger partial charge is 0.184 e. The molecule has 1 rings (SSSR count). The van der Waals surface area contributed by atoms with Gasteiger partial charge in [0.15, 0.2) is 5.11 Å². The second kappa shape index (κ2) is 6.05. The number of nitrogens with two attached hydrogens (primary N) is 1. The van der Waals surface area contributed by atoms with Crippen LogP contribution in [0.15, 0.2) is 23.3 Å². The average molecular weight is 253 g/mol. The molecular formula is C11H15N3O2S. The van der Waals surface area contributed by atoms with Crippen molar-refractivity contribution in [1.82, 2.24) is 5.43 Å². The van der Waals surface area contributed by atoms with Crippen molar-refractivity contribution in [3.8, 4) is 11.5 Å². The second-order valence-corrected chi connectivity index (χ2v) is 3.93. The molecule has 1 aromatic rings. The lowest BCUT2D eigenvalue weighted by atomic mass is 10.0. The highest BCUT2D eigenvalue weighted by Gasteiger charge is 2.09. The number of hydrazone groups is 1. The Morgan fingerprint density at radius 2 is 2.18 bits per heavy atom. The van der Waals surface area contributed by atoms with Crippen molar-refractivity contribution in [1.29, 1.82) is 0 Å². The molecule has 5 N–H and O–H groups in total. The number of hydrogen-bond acceptors (Lipinski definition) is 4. The van der Waals surface area contributed by atoms with E-state index in [4.69, 9.17) is 5.73 Å². The average Bonchev–Trinajstić information content (AvgIpc) is 2.27. The van der Waals surface area contributed by atoms with Crippen LogP contribution in [0, 0.1) is 0 Å². The molecule has 0 aliphatic rings. The van der Waals surface area contributed by atoms with Gasteiger partial charge in [-0.05, 0) is 36.8 Å². The highest BCUT2D eigenvalue weighted by atomic mass is 32.1. The molecule has 0 saturated heterocycles. The first-order chi connectivity index (χ1) is 8.04. The summed E-state index contributed by atoms with van der Waals surface area (Å²) in [5, 5.41) is 23.2. The fraction of sp³-hybridized carbons (Fsp3) is 0.273. The first-order valence-electron chi connectivity index (χ1n) is 5.19. The van der Waals surface area contributed by atoms with Crippen LogP contribution in [0.25, 0.3) is 0 Å². The van der Waals surface area contributed by atoms with Crippen molar-refractivity contribution in [2.24, 2.45) is 10.8 Å². The Labute approximate surface area is 105 Å². The first kappa shape index (κ1) is 13.2. The standard InChI is InChI=1S/C11H15N3O2S/c1-2-3-9(13-14-11(12)17)8-6-7(15)4-5-10(8)16/h4-6,15-16H,2-3H2,1H3,(H3,12,14,17)/b13-9+. The maximum Gasteiger partial charge on any atom is 0.184 e. The normalized spacial score (nSPS) is 11.2. The molecular weight excluding hydrogens is 238 g/mol. The van der Waals surface area contributed by atoms with E-state index in [1.165, 1.54) is 18.2 Å². The van der Waals surface area contributed by atoms with Gasteiger partial charge in [-0.1, -0.05) is 13.3 Å². The van der Waals surface area contributed by atoms with Crippen LogP contribution in [-0.4, -0.2) is 21.0 Å². The summed E-state index contributed by atoms with van der Waals surface area (Å²) in [5.41, 5.74) is 8.82. The molecule has 0 heterocycles. The van der Waals surface area contributed by atoms with E-state index in [1.807, 2.05) is 6.92 Å². The molecule has 0 amide bonds. The predicted molar refractivity (Wildman–Crippen MR) is 71.1 cm³/mol. The summed E-state index contributed by atoms with van der Waals surface area (Å²) in [4.78, 5) is 0. The maximum absolute atomic E-state index is 9.71. The minimum atomic E-state index is 0.0539. The van der Waals surface area contributed by atoms with Gasteiger partial charge in [-0.25, -0.2) is 0 Å². The van der Waals surface area contributed by atoms with Crippen molar-refractivity contribution < 1.29 is 10.2 Å². The summed E-state index contributed by atoms with van der Waals surface area (Å²) in [6, 6.07) is 4.27. The molecule has 0 unspecified atom stereocenters. The predicted octanol–water partition coefficient (Wildman–Crippen LogP) is 1.44. The number of thiocarbonyl (C=S) groups is 1. The van der Waals surface area contributed by atoms with Gasteiger partial charge >= 0.3 is 0 Å². The van der Waals surface area contributed by atoms with Gasteiger partial charge < -0.3 is 15.9 Å². The molecule has 17 heavy (non-hydrogen) atoms. The Morgan fingerprint density at radius 3 is 2.76 bits per heavy atom. The second-order valence-electron chi connectivity index (χ2n) is 3.49. The van der Waals surface area contributed by atoms with Gasteiger partial charge in [0.25, 0.3) is 0 Å². The molecule has 0 spiro atoms. The Kier molecular flexibility index (Phi) is 4.71. The van der Waals surface area contributed by atoms with Gasteiger partial charge in [0.2, 0.25) is 0 Å². The quantitative estimate of drug-likeness (QED) is 0.282. The van der Waals surface area contributed by atoms with Crippen molar-refractivity contribution in [2.75, 3.05) is 0 Å². The number of rotatable bonds is 4. The number of phenolic OH excluding ortho intramolecular Hbond substituents is 2. The molecule has 0 aliphatic heterocycles. The zero-order valence-electron chi connectivity index (χ0n) is 9.47. The number of nitrogens with zero attached hydrogens (tertiary/aromatic N) is 1. The van der Waals surface area contributed by atoms with E-state index in [2.05, 4.69) is 22.7 Å². The lowest BCUT2D eigenvalue weighted by Gasteiger charge is -2.08. The Hall–Kier alpha value is -1.82. The van der Waals surface area contributed by atoms with Crippen LogP contribution in [0.2, 0.25) is 0 Å². The van der Waals surface area contributed by atoms with Crippen molar-refractivity contribution >= 4 is 23.0 Å². The van der Waals surface area contributed by atoms with Crippen molar-refractivity contribution in [3.05, 3.63) is 23.8 Å². The molecule has 5 nitrogen and oxygen atoms in total. The highest BCUT2D eigenvalue weighted by Crippen LogP contribution is 2.24. The molecule has 1 aromatic carbocycles. The minimum absolute atomic E-state index is 0.0539. The van der Waals surface area contributed by atoms with Crippen LogP contribution < -0.4 is 11.2 Å². The zero-order valence-corrected chi connectivity index (χ0v) is 10.3. The van der Waals surface area contributed by atoms with E-state index in [1.54, 1.807) is 0 Å². The minimum Gasteiger partial charge on any atom is -0.508 e. The molecule has 0 bridgehead atoms. The summed E-state index contributed by atoms with van der Waals surface area (Å²) < 4.78 is 0. The summed E-state index contributed by atoms with van der Waals surface area (Å²) >= 11 is 4.65. The van der Waals surface area contributed by atoms with E-state index < -0.39 is 0 Å². The van der Waals surface area contributed by atoms with E-state index in [0.29, 0.717) is 17.7 Å². The third-order valence-corrected chi connectivity index (χ3v) is 2.17. The van der Waals surface area contributed by atoms with Gasteiger partial charge in [-0.3, -0.25) is 5.43 Å². The molecule has 0 fully saturated rings. The zero-order chi connectivity index (χ0) is 12.8. The largest absolute Gasteiger partial charge is 0.508 e. The van der Waals surface area contributed by atoms with Crippen molar-refractivity contribution in [3.63, 3.8) is 0 Å². The number of nitrogens with one attached hydrogen (secondary N) is 1. The van der Waals surface area contributed by atoms with Crippen LogP contribution in [0.4, 0.5) is 0 Å². The molecule has 6 heteroatoms. The number of hydrogen-bond donors (Lipinski definition) is 4. The maximum atomic E-state index is 9.71. The molecule has 0 aromatic heterocycles. The topological polar surface area (TPSA) is 90.9 Å². The monoisotopic (exact) mass is 253 g/mol.